The van der Waals surface area contributed by atoms with Crippen molar-refractivity contribution < 1.29 is 12.4 Å². The predicted octanol–water partition coefficient (Wildman–Crippen LogP) is -0.817. The maximum absolute atomic E-state index is 2.24. The molecular weight excluding hydrogens is 182 g/mol. The average Bonchev–Trinajstić information content (AvgIpc) is 2.06. The Labute approximate surface area is 87.2 Å². The molecule has 13 heavy (non-hydrogen) atoms. The molecule has 1 atom stereocenters. The number of hydrogen-bond donors (Lipinski definition) is 0. The summed E-state index contributed by atoms with van der Waals surface area (Å²) in [6.07, 6.45) is 1.13. The van der Waals surface area contributed by atoms with E-state index in [1.807, 2.05) is 0 Å². The van der Waals surface area contributed by atoms with Crippen molar-refractivity contribution in [2.24, 2.45) is 0 Å². The molecule has 0 aliphatic carbocycles. The van der Waals surface area contributed by atoms with Crippen LogP contribution in [0.5, 0.6) is 0 Å². The topological polar surface area (TPSA) is 3.24 Å². The summed E-state index contributed by atoms with van der Waals surface area (Å²) in [5, 5.41) is 0. The number of likely N-dealkylation sites (N-methyl/N-ethyl adjacent to an activating group) is 1. The molecule has 1 aromatic rings. The minimum atomic E-state index is 0. The molecule has 0 radical (unpaired) electrons. The quantitative estimate of drug-likeness (QED) is 0.614. The zero-order chi connectivity index (χ0) is 8.97. The van der Waals surface area contributed by atoms with E-state index in [1.165, 1.54) is 5.56 Å². The third-order valence-electron chi connectivity index (χ3n) is 2.26. The monoisotopic (exact) mass is 198 g/mol. The lowest BCUT2D eigenvalue weighted by atomic mass is 10.1. The Hall–Kier alpha value is -0.530. The van der Waals surface area contributed by atoms with Crippen molar-refractivity contribution in [3.05, 3.63) is 35.9 Å². The molecule has 0 heterocycles. The molecule has 0 amide bonds. The molecule has 1 rings (SSSR count). The van der Waals surface area contributed by atoms with Gasteiger partial charge in [0.1, 0.15) is 0 Å². The van der Waals surface area contributed by atoms with Gasteiger partial charge in [-0.1, -0.05) is 30.3 Å². The van der Waals surface area contributed by atoms with Gasteiger partial charge in [0.2, 0.25) is 0 Å². The van der Waals surface area contributed by atoms with Gasteiger partial charge in [-0.3, -0.25) is 0 Å². The van der Waals surface area contributed by atoms with Crippen molar-refractivity contribution >= 4 is 0 Å². The standard InChI is InChI=1S/C11H17N.ClH/c1-10(12(2)3)9-11-7-5-4-6-8-11;/h4-8,10H,9H2,1-3H3;1H/p-1. The fourth-order valence-electron chi connectivity index (χ4n) is 1.14. The highest BCUT2D eigenvalue weighted by Crippen LogP contribution is 2.05. The Balaban J connectivity index is 0.00000144. The Kier molecular flexibility index (Phi) is 5.76. The first-order valence-electron chi connectivity index (χ1n) is 4.40. The van der Waals surface area contributed by atoms with Gasteiger partial charge < -0.3 is 17.3 Å². The van der Waals surface area contributed by atoms with E-state index in [9.17, 15) is 0 Å². The van der Waals surface area contributed by atoms with Crippen LogP contribution < -0.4 is 12.4 Å². The summed E-state index contributed by atoms with van der Waals surface area (Å²) in [7, 11) is 4.24. The van der Waals surface area contributed by atoms with Crippen molar-refractivity contribution in [3.8, 4) is 0 Å². The second-order valence-corrected chi connectivity index (χ2v) is 3.50. The summed E-state index contributed by atoms with van der Waals surface area (Å²) in [6, 6.07) is 11.2. The van der Waals surface area contributed by atoms with E-state index in [-0.39, 0.29) is 12.4 Å². The normalized spacial score (nSPS) is 12.3. The fraction of sp³-hybridized carbons (Fsp3) is 0.455. The van der Waals surface area contributed by atoms with E-state index >= 15 is 0 Å². The number of nitrogens with zero attached hydrogens (tertiary/aromatic N) is 1. The maximum atomic E-state index is 2.24. The Morgan fingerprint density at radius 1 is 1.15 bits per heavy atom. The van der Waals surface area contributed by atoms with Gasteiger partial charge in [-0.05, 0) is 33.0 Å². The molecule has 0 saturated heterocycles. The van der Waals surface area contributed by atoms with Crippen LogP contribution in [0.25, 0.3) is 0 Å². The number of halogens is 1. The molecule has 1 aromatic carbocycles. The van der Waals surface area contributed by atoms with Gasteiger partial charge in [-0.25, -0.2) is 0 Å². The molecule has 0 spiro atoms. The Morgan fingerprint density at radius 3 is 2.15 bits per heavy atom. The van der Waals surface area contributed by atoms with Gasteiger partial charge in [0.05, 0.1) is 0 Å². The lowest BCUT2D eigenvalue weighted by molar-refractivity contribution is -0.00000269. The Bertz CT molecular complexity index is 221. The van der Waals surface area contributed by atoms with Crippen molar-refractivity contribution in [1.82, 2.24) is 4.90 Å². The van der Waals surface area contributed by atoms with E-state index in [0.717, 1.165) is 6.42 Å². The van der Waals surface area contributed by atoms with Crippen LogP contribution in [0.15, 0.2) is 30.3 Å². The van der Waals surface area contributed by atoms with Gasteiger partial charge in [-0.2, -0.15) is 0 Å². The van der Waals surface area contributed by atoms with Crippen LogP contribution in [0.4, 0.5) is 0 Å². The molecule has 0 bridgehead atoms. The largest absolute Gasteiger partial charge is 1.00 e. The first-order chi connectivity index (χ1) is 5.70. The minimum absolute atomic E-state index is 0. The van der Waals surface area contributed by atoms with Crippen LogP contribution in [0.2, 0.25) is 0 Å². The summed E-state index contributed by atoms with van der Waals surface area (Å²) >= 11 is 0. The highest BCUT2D eigenvalue weighted by molar-refractivity contribution is 5.15. The minimum Gasteiger partial charge on any atom is -1.00 e. The molecule has 0 N–H and O–H groups in total. The van der Waals surface area contributed by atoms with E-state index < -0.39 is 0 Å². The first-order valence-corrected chi connectivity index (χ1v) is 4.40. The molecule has 1 unspecified atom stereocenters. The molecule has 0 aliphatic rings. The average molecular weight is 199 g/mol. The first kappa shape index (κ1) is 12.5. The summed E-state index contributed by atoms with van der Waals surface area (Å²) in [5.41, 5.74) is 1.42. The summed E-state index contributed by atoms with van der Waals surface area (Å²) in [6.45, 7) is 2.24. The zero-order valence-corrected chi connectivity index (χ0v) is 9.25. The summed E-state index contributed by atoms with van der Waals surface area (Å²) in [5.74, 6) is 0. The SMILES string of the molecule is CC(Cc1ccccc1)N(C)C.[Cl-]. The van der Waals surface area contributed by atoms with E-state index in [0.29, 0.717) is 6.04 Å². The van der Waals surface area contributed by atoms with Gasteiger partial charge in [0, 0.05) is 6.04 Å². The van der Waals surface area contributed by atoms with Crippen LogP contribution in [-0.4, -0.2) is 25.0 Å². The van der Waals surface area contributed by atoms with Crippen molar-refractivity contribution in [2.75, 3.05) is 14.1 Å². The molecule has 0 fully saturated rings. The molecule has 0 aromatic heterocycles. The third-order valence-corrected chi connectivity index (χ3v) is 2.26. The molecule has 2 heteroatoms. The van der Waals surface area contributed by atoms with Crippen LogP contribution >= 0.6 is 0 Å². The van der Waals surface area contributed by atoms with Gasteiger partial charge in [-0.15, -0.1) is 0 Å². The lowest BCUT2D eigenvalue weighted by Crippen LogP contribution is -3.00. The highest BCUT2D eigenvalue weighted by atomic mass is 35.5. The predicted molar refractivity (Wildman–Crippen MR) is 53.3 cm³/mol. The van der Waals surface area contributed by atoms with Crippen molar-refractivity contribution in [3.63, 3.8) is 0 Å². The molecule has 74 valence electrons. The van der Waals surface area contributed by atoms with E-state index in [4.69, 9.17) is 0 Å². The fourth-order valence-corrected chi connectivity index (χ4v) is 1.14. The maximum Gasteiger partial charge on any atom is 0.0101 e. The van der Waals surface area contributed by atoms with Crippen molar-refractivity contribution in [2.45, 2.75) is 19.4 Å². The summed E-state index contributed by atoms with van der Waals surface area (Å²) < 4.78 is 0. The zero-order valence-electron chi connectivity index (χ0n) is 8.50. The number of hydrogen-bond acceptors (Lipinski definition) is 1. The molecule has 0 aliphatic heterocycles. The van der Waals surface area contributed by atoms with Gasteiger partial charge >= 0.3 is 0 Å². The Morgan fingerprint density at radius 2 is 1.69 bits per heavy atom. The van der Waals surface area contributed by atoms with E-state index in [1.54, 1.807) is 0 Å². The van der Waals surface area contributed by atoms with Crippen LogP contribution in [0.1, 0.15) is 12.5 Å². The highest BCUT2D eigenvalue weighted by Gasteiger charge is 2.04. The van der Waals surface area contributed by atoms with Crippen LogP contribution in [-0.2, 0) is 6.42 Å². The molecular formula is C11H17ClN-. The smallest absolute Gasteiger partial charge is 0.0101 e. The number of benzene rings is 1. The summed E-state index contributed by atoms with van der Waals surface area (Å²) in [4.78, 5) is 2.24. The lowest BCUT2D eigenvalue weighted by Gasteiger charge is -2.19. The van der Waals surface area contributed by atoms with E-state index in [2.05, 4.69) is 56.3 Å². The second kappa shape index (κ2) is 6.01. The number of rotatable bonds is 3. The van der Waals surface area contributed by atoms with Crippen LogP contribution in [0, 0.1) is 0 Å². The second-order valence-electron chi connectivity index (χ2n) is 3.50. The third kappa shape index (κ3) is 4.30. The van der Waals surface area contributed by atoms with Crippen LogP contribution in [0.3, 0.4) is 0 Å². The van der Waals surface area contributed by atoms with Gasteiger partial charge in [0.25, 0.3) is 0 Å². The molecule has 1 nitrogen and oxygen atoms in total. The van der Waals surface area contributed by atoms with Gasteiger partial charge in [0.15, 0.2) is 0 Å². The molecule has 0 saturated carbocycles. The van der Waals surface area contributed by atoms with Crippen molar-refractivity contribution in [1.29, 1.82) is 0 Å².